The highest BCUT2D eigenvalue weighted by atomic mass is 79.9. The van der Waals surface area contributed by atoms with Crippen LogP contribution in [0.1, 0.15) is 17.8 Å². The van der Waals surface area contributed by atoms with Gasteiger partial charge in [-0.3, -0.25) is 0 Å². The van der Waals surface area contributed by atoms with Crippen molar-refractivity contribution in [3.8, 4) is 11.1 Å². The third kappa shape index (κ3) is 2.39. The number of rotatable bonds is 1. The van der Waals surface area contributed by atoms with Crippen LogP contribution in [0.25, 0.3) is 51.5 Å². The molecule has 0 atom stereocenters. The van der Waals surface area contributed by atoms with E-state index in [4.69, 9.17) is 17.8 Å². The zero-order chi connectivity index (χ0) is 29.3. The minimum Gasteiger partial charge on any atom is -0.135 e. The van der Waals surface area contributed by atoms with Crippen molar-refractivity contribution in [1.29, 1.82) is 0 Å². The van der Waals surface area contributed by atoms with Gasteiger partial charge in [-0.25, -0.2) is 0 Å². The van der Waals surface area contributed by atoms with Crippen LogP contribution in [0.3, 0.4) is 0 Å². The maximum Gasteiger partial charge on any atom is 0.0642 e. The Bertz CT molecular complexity index is 2160. The van der Waals surface area contributed by atoms with E-state index in [9.17, 15) is 0 Å². The smallest absolute Gasteiger partial charge is 0.0642 e. The quantitative estimate of drug-likeness (QED) is 0.231. The molecule has 0 amide bonds. The molecule has 3 heteroatoms. The Morgan fingerprint density at radius 2 is 1.30 bits per heavy atom. The fourth-order valence-electron chi connectivity index (χ4n) is 3.03. The summed E-state index contributed by atoms with van der Waals surface area (Å²) in [4.78, 5) is 0. The molecule has 6 rings (SSSR count). The van der Waals surface area contributed by atoms with E-state index in [-0.39, 0.29) is 104 Å². The first kappa shape index (κ1) is 7.67. The fraction of sp³-hybridized carbons (Fsp3) is 0. The average molecular weight is 458 g/mol. The number of hydrogen-bond donors (Lipinski definition) is 0. The molecule has 2 heterocycles. The molecule has 0 bridgehead atoms. The second-order valence-electron chi connectivity index (χ2n) is 5.71. The highest BCUT2D eigenvalue weighted by Gasteiger charge is 2.13. The third-order valence-electron chi connectivity index (χ3n) is 4.17. The van der Waals surface area contributed by atoms with E-state index in [0.29, 0.717) is 0 Å². The van der Waals surface area contributed by atoms with Crippen molar-refractivity contribution in [2.24, 2.45) is 0 Å². The molecule has 128 valence electrons. The summed E-state index contributed by atoms with van der Waals surface area (Å²) in [5, 5.41) is 0.290. The molecule has 0 aliphatic carbocycles. The molecular weight excluding hydrogens is 432 g/mol. The van der Waals surface area contributed by atoms with E-state index < -0.39 is 30.2 Å². The van der Waals surface area contributed by atoms with E-state index in [1.54, 1.807) is 0 Å². The molecule has 0 aliphatic heterocycles. The van der Waals surface area contributed by atoms with Crippen LogP contribution in [0.15, 0.2) is 83.0 Å². The zero-order valence-electron chi connectivity index (χ0n) is 26.2. The second-order valence-corrected chi connectivity index (χ2v) is 8.54. The molecular formula is C24H13BrS2. The van der Waals surface area contributed by atoms with Gasteiger partial charge in [-0.05, 0) is 41.8 Å². The molecule has 4 aromatic carbocycles. The van der Waals surface area contributed by atoms with Crippen molar-refractivity contribution in [2.75, 3.05) is 0 Å². The van der Waals surface area contributed by atoms with Crippen molar-refractivity contribution >= 4 is 78.9 Å². The molecule has 0 N–H and O–H groups in total. The predicted octanol–water partition coefficient (Wildman–Crippen LogP) is 8.85. The first-order valence-corrected chi connectivity index (χ1v) is 10.2. The van der Waals surface area contributed by atoms with E-state index >= 15 is 0 Å². The molecule has 2 aromatic heterocycles. The van der Waals surface area contributed by atoms with Crippen LogP contribution < -0.4 is 0 Å². The summed E-state index contributed by atoms with van der Waals surface area (Å²) in [5.41, 5.74) is -0.177. The maximum absolute atomic E-state index is 9.16. The van der Waals surface area contributed by atoms with Gasteiger partial charge in [0.1, 0.15) is 0 Å². The van der Waals surface area contributed by atoms with Crippen LogP contribution in [0.5, 0.6) is 0 Å². The van der Waals surface area contributed by atoms with Gasteiger partial charge in [-0.1, -0.05) is 58.2 Å². The topological polar surface area (TPSA) is 0 Å². The lowest BCUT2D eigenvalue weighted by Gasteiger charge is -2.06. The Morgan fingerprint density at radius 3 is 2.11 bits per heavy atom. The first-order valence-electron chi connectivity index (χ1n) is 14.3. The van der Waals surface area contributed by atoms with E-state index in [1.165, 1.54) is 0 Å². The summed E-state index contributed by atoms with van der Waals surface area (Å²) in [6, 6.07) is -4.84. The molecule has 27 heavy (non-hydrogen) atoms. The van der Waals surface area contributed by atoms with Crippen molar-refractivity contribution in [1.82, 2.24) is 0 Å². The van der Waals surface area contributed by atoms with Gasteiger partial charge in [0.15, 0.2) is 0 Å². The van der Waals surface area contributed by atoms with Gasteiger partial charge < -0.3 is 0 Å². The molecule has 0 saturated heterocycles. The lowest BCUT2D eigenvalue weighted by atomic mass is 10.0. The van der Waals surface area contributed by atoms with Crippen LogP contribution in [-0.2, 0) is 0 Å². The Balaban J connectivity index is 1.90. The summed E-state index contributed by atoms with van der Waals surface area (Å²) in [6.07, 6.45) is 0. The number of hydrogen-bond acceptors (Lipinski definition) is 2. The van der Waals surface area contributed by atoms with Crippen LogP contribution in [0.4, 0.5) is 0 Å². The van der Waals surface area contributed by atoms with Gasteiger partial charge in [-0.2, -0.15) is 0 Å². The fourth-order valence-corrected chi connectivity index (χ4v) is 5.41. The lowest BCUT2D eigenvalue weighted by Crippen LogP contribution is -1.79. The molecule has 0 fully saturated rings. The molecule has 0 unspecified atom stereocenters. The molecule has 0 nitrogen and oxygen atoms in total. The Kier molecular flexibility index (Phi) is 1.68. The average Bonchev–Trinajstić information content (AvgIpc) is 3.52. The van der Waals surface area contributed by atoms with Gasteiger partial charge in [0.05, 0.1) is 17.8 Å². The minimum absolute atomic E-state index is 0.0125. The molecule has 0 aliphatic rings. The van der Waals surface area contributed by atoms with Crippen LogP contribution in [0, 0.1) is 0 Å². The van der Waals surface area contributed by atoms with Gasteiger partial charge >= 0.3 is 0 Å². The standard InChI is InChI=1S/C24H13BrS2/c25-15-12-18(24-20(13-15)17-6-2-4-8-22(17)27-24)14-9-10-23-19(11-14)16-5-1-3-7-21(16)26-23/h1-13H/i1D,2D,3D,4D,5D,6D,7D,8D,9D,10D,11D,12D,13D. The van der Waals surface area contributed by atoms with Gasteiger partial charge in [0.25, 0.3) is 0 Å². The van der Waals surface area contributed by atoms with Crippen LogP contribution in [-0.4, -0.2) is 0 Å². The maximum atomic E-state index is 9.16. The molecule has 0 saturated carbocycles. The third-order valence-corrected chi connectivity index (χ3v) is 6.71. The summed E-state index contributed by atoms with van der Waals surface area (Å²) in [6.45, 7) is 0. The van der Waals surface area contributed by atoms with Crippen molar-refractivity contribution < 1.29 is 17.8 Å². The predicted molar refractivity (Wildman–Crippen MR) is 125 cm³/mol. The Labute approximate surface area is 191 Å². The SMILES string of the molecule is [2H]c1c([2H])c([2H])c2c(sc3c([2H])c([2H])c(-c4c([2H])c(Br)c([2H])c5c4sc4c([2H])c([2H])c([2H])c([2H])c45)c([2H])c32)c1[2H]. The van der Waals surface area contributed by atoms with Crippen LogP contribution in [0.2, 0.25) is 0 Å². The number of thiophene rings is 2. The molecule has 6 aromatic rings. The number of halogens is 1. The summed E-state index contributed by atoms with van der Waals surface area (Å²) in [7, 11) is 0. The second kappa shape index (κ2) is 5.90. The number of benzene rings is 4. The van der Waals surface area contributed by atoms with E-state index in [2.05, 4.69) is 15.9 Å². The minimum atomic E-state index is -0.502. The lowest BCUT2D eigenvalue weighted by molar-refractivity contribution is 1.71. The summed E-state index contributed by atoms with van der Waals surface area (Å²) >= 11 is 5.06. The Hall–Kier alpha value is -2.20. The number of fused-ring (bicyclic) bond motifs is 6. The summed E-state index contributed by atoms with van der Waals surface area (Å²) in [5.74, 6) is 0. The van der Waals surface area contributed by atoms with Gasteiger partial charge in [0.2, 0.25) is 0 Å². The largest absolute Gasteiger partial charge is 0.135 e. The zero-order valence-corrected chi connectivity index (χ0v) is 16.4. The van der Waals surface area contributed by atoms with Gasteiger partial charge in [0, 0.05) is 50.4 Å². The normalized spacial score (nSPS) is 18.6. The van der Waals surface area contributed by atoms with Crippen molar-refractivity contribution in [3.05, 3.63) is 83.0 Å². The molecule has 0 spiro atoms. The van der Waals surface area contributed by atoms with E-state index in [0.717, 1.165) is 22.7 Å². The van der Waals surface area contributed by atoms with Gasteiger partial charge in [-0.15, -0.1) is 22.7 Å². The first-order chi connectivity index (χ1) is 18.7. The van der Waals surface area contributed by atoms with Crippen molar-refractivity contribution in [3.63, 3.8) is 0 Å². The van der Waals surface area contributed by atoms with E-state index in [1.807, 2.05) is 0 Å². The monoisotopic (exact) mass is 457 g/mol. The van der Waals surface area contributed by atoms with Crippen LogP contribution >= 0.6 is 38.6 Å². The Morgan fingerprint density at radius 1 is 0.630 bits per heavy atom. The molecule has 0 radical (unpaired) electrons. The highest BCUT2D eigenvalue weighted by molar-refractivity contribution is 9.10. The summed E-state index contributed by atoms with van der Waals surface area (Å²) < 4.78 is 111. The highest BCUT2D eigenvalue weighted by Crippen LogP contribution is 2.43. The van der Waals surface area contributed by atoms with Crippen molar-refractivity contribution in [2.45, 2.75) is 0 Å².